The number of anilines is 1. The summed E-state index contributed by atoms with van der Waals surface area (Å²) in [6.07, 6.45) is 1.21. The maximum Gasteiger partial charge on any atom is 0.245 e. The van der Waals surface area contributed by atoms with E-state index in [2.05, 4.69) is 15.0 Å². The van der Waals surface area contributed by atoms with Crippen LogP contribution < -0.4 is 10.5 Å². The van der Waals surface area contributed by atoms with Crippen molar-refractivity contribution in [3.8, 4) is 11.6 Å². The molecule has 0 saturated heterocycles. The average molecular weight is 277 g/mol. The van der Waals surface area contributed by atoms with Gasteiger partial charge in [-0.2, -0.15) is 4.98 Å². The van der Waals surface area contributed by atoms with Crippen LogP contribution in [0.5, 0.6) is 5.88 Å². The van der Waals surface area contributed by atoms with Gasteiger partial charge >= 0.3 is 0 Å². The Morgan fingerprint density at radius 2 is 1.90 bits per heavy atom. The molecule has 0 unspecified atom stereocenters. The van der Waals surface area contributed by atoms with Gasteiger partial charge in [-0.25, -0.2) is 18.7 Å². The summed E-state index contributed by atoms with van der Waals surface area (Å²) in [6.45, 7) is 0. The molecule has 0 bridgehead atoms. The zero-order valence-corrected chi connectivity index (χ0v) is 10.3. The Hall–Kier alpha value is -2.77. The fourth-order valence-electron chi connectivity index (χ4n) is 1.96. The molecule has 0 spiro atoms. The number of para-hydroxylation sites is 1. The number of halogens is 2. The maximum absolute atomic E-state index is 13.9. The van der Waals surface area contributed by atoms with Crippen LogP contribution in [0, 0.1) is 11.6 Å². The van der Waals surface area contributed by atoms with E-state index in [-0.39, 0.29) is 28.7 Å². The number of benzene rings is 1. The molecule has 0 atom stereocenters. The standard InChI is InChI=1S/C12H9F2N5O/c1-20-11-8-10(16-5-17-11)19(12(15)18-8)9-6(13)3-2-4-7(9)14/h2-5H,1H3,(H2,15,18). The number of rotatable bonds is 2. The monoisotopic (exact) mass is 277 g/mol. The van der Waals surface area contributed by atoms with E-state index in [9.17, 15) is 8.78 Å². The third-order valence-electron chi connectivity index (χ3n) is 2.79. The molecule has 20 heavy (non-hydrogen) atoms. The summed E-state index contributed by atoms with van der Waals surface area (Å²) >= 11 is 0. The van der Waals surface area contributed by atoms with E-state index in [1.54, 1.807) is 0 Å². The fourth-order valence-corrected chi connectivity index (χ4v) is 1.96. The van der Waals surface area contributed by atoms with Gasteiger partial charge in [0.25, 0.3) is 0 Å². The van der Waals surface area contributed by atoms with Gasteiger partial charge < -0.3 is 10.5 Å². The number of nitrogens with zero attached hydrogens (tertiary/aromatic N) is 4. The Balaban J connectivity index is 2.40. The number of fused-ring (bicyclic) bond motifs is 1. The molecular formula is C12H9F2N5O. The molecule has 6 nitrogen and oxygen atoms in total. The van der Waals surface area contributed by atoms with Crippen molar-refractivity contribution >= 4 is 17.1 Å². The van der Waals surface area contributed by atoms with Gasteiger partial charge in [-0.15, -0.1) is 0 Å². The van der Waals surface area contributed by atoms with Crippen LogP contribution in [-0.2, 0) is 0 Å². The van der Waals surface area contributed by atoms with Gasteiger partial charge in [0.2, 0.25) is 11.8 Å². The lowest BCUT2D eigenvalue weighted by atomic mass is 10.3. The summed E-state index contributed by atoms with van der Waals surface area (Å²) in [5.74, 6) is -1.47. The summed E-state index contributed by atoms with van der Waals surface area (Å²) in [7, 11) is 1.40. The van der Waals surface area contributed by atoms with Crippen LogP contribution in [0.1, 0.15) is 0 Å². The molecule has 0 aliphatic heterocycles. The quantitative estimate of drug-likeness (QED) is 0.771. The minimum Gasteiger partial charge on any atom is -0.479 e. The number of aromatic nitrogens is 4. The minimum atomic E-state index is -0.770. The molecule has 3 rings (SSSR count). The van der Waals surface area contributed by atoms with Gasteiger partial charge in [-0.05, 0) is 12.1 Å². The lowest BCUT2D eigenvalue weighted by Crippen LogP contribution is -2.06. The molecule has 102 valence electrons. The molecule has 0 radical (unpaired) electrons. The highest BCUT2D eigenvalue weighted by molar-refractivity contribution is 5.81. The molecule has 3 aromatic rings. The van der Waals surface area contributed by atoms with Crippen LogP contribution in [0.15, 0.2) is 24.5 Å². The van der Waals surface area contributed by atoms with E-state index in [4.69, 9.17) is 10.5 Å². The average Bonchev–Trinajstić information content (AvgIpc) is 2.75. The lowest BCUT2D eigenvalue weighted by molar-refractivity contribution is 0.401. The Morgan fingerprint density at radius 3 is 2.55 bits per heavy atom. The van der Waals surface area contributed by atoms with Crippen molar-refractivity contribution in [1.29, 1.82) is 0 Å². The second kappa shape index (κ2) is 4.41. The van der Waals surface area contributed by atoms with Crippen LogP contribution in [0.3, 0.4) is 0 Å². The number of nitrogens with two attached hydrogens (primary N) is 1. The van der Waals surface area contributed by atoms with E-state index >= 15 is 0 Å². The molecule has 0 fully saturated rings. The topological polar surface area (TPSA) is 78.8 Å². The van der Waals surface area contributed by atoms with Crippen molar-refractivity contribution in [3.63, 3.8) is 0 Å². The third-order valence-corrected chi connectivity index (χ3v) is 2.79. The smallest absolute Gasteiger partial charge is 0.245 e. The summed E-state index contributed by atoms with van der Waals surface area (Å²) in [5.41, 5.74) is 5.80. The summed E-state index contributed by atoms with van der Waals surface area (Å²) < 4.78 is 33.9. The van der Waals surface area contributed by atoms with Crippen LogP contribution in [-0.4, -0.2) is 26.6 Å². The fraction of sp³-hybridized carbons (Fsp3) is 0.0833. The van der Waals surface area contributed by atoms with Gasteiger partial charge in [0.1, 0.15) is 23.6 Å². The van der Waals surface area contributed by atoms with E-state index in [1.807, 2.05) is 0 Å². The van der Waals surface area contributed by atoms with E-state index in [1.165, 1.54) is 19.5 Å². The van der Waals surface area contributed by atoms with Crippen molar-refractivity contribution in [2.24, 2.45) is 0 Å². The number of imidazole rings is 1. The highest BCUT2D eigenvalue weighted by Gasteiger charge is 2.20. The molecule has 0 amide bonds. The van der Waals surface area contributed by atoms with Crippen molar-refractivity contribution in [3.05, 3.63) is 36.2 Å². The first-order valence-corrected chi connectivity index (χ1v) is 5.60. The Bertz CT molecular complexity index is 782. The second-order valence-corrected chi connectivity index (χ2v) is 3.93. The van der Waals surface area contributed by atoms with Gasteiger partial charge in [0, 0.05) is 0 Å². The lowest BCUT2D eigenvalue weighted by Gasteiger charge is -2.08. The zero-order valence-electron chi connectivity index (χ0n) is 10.3. The van der Waals surface area contributed by atoms with Crippen molar-refractivity contribution in [2.75, 3.05) is 12.8 Å². The van der Waals surface area contributed by atoms with Crippen molar-refractivity contribution in [2.45, 2.75) is 0 Å². The third kappa shape index (κ3) is 1.65. The van der Waals surface area contributed by atoms with Crippen LogP contribution in [0.25, 0.3) is 16.9 Å². The SMILES string of the molecule is COc1ncnc2c1nc(N)n2-c1c(F)cccc1F. The van der Waals surface area contributed by atoms with Gasteiger partial charge in [0.05, 0.1) is 7.11 Å². The molecule has 0 aliphatic rings. The molecule has 1 aromatic carbocycles. The predicted molar refractivity (Wildman–Crippen MR) is 67.5 cm³/mol. The summed E-state index contributed by atoms with van der Waals surface area (Å²) in [4.78, 5) is 11.8. The van der Waals surface area contributed by atoms with Gasteiger partial charge in [-0.3, -0.25) is 4.57 Å². The molecule has 2 heterocycles. The first-order valence-electron chi connectivity index (χ1n) is 5.60. The largest absolute Gasteiger partial charge is 0.479 e. The summed E-state index contributed by atoms with van der Waals surface area (Å²) in [6, 6.07) is 3.52. The molecule has 2 N–H and O–H groups in total. The highest BCUT2D eigenvalue weighted by atomic mass is 19.1. The molecule has 0 aliphatic carbocycles. The van der Waals surface area contributed by atoms with Crippen molar-refractivity contribution < 1.29 is 13.5 Å². The summed E-state index contributed by atoms with van der Waals surface area (Å²) in [5, 5.41) is 0. The maximum atomic E-state index is 13.9. The Labute approximate surface area is 111 Å². The number of nitrogen functional groups attached to an aromatic ring is 1. The first kappa shape index (κ1) is 12.3. The molecular weight excluding hydrogens is 268 g/mol. The van der Waals surface area contributed by atoms with Gasteiger partial charge in [0.15, 0.2) is 11.2 Å². The van der Waals surface area contributed by atoms with E-state index in [0.29, 0.717) is 0 Å². The van der Waals surface area contributed by atoms with Crippen LogP contribution in [0.4, 0.5) is 14.7 Å². The number of hydrogen-bond acceptors (Lipinski definition) is 5. The number of hydrogen-bond donors (Lipinski definition) is 1. The number of ether oxygens (including phenoxy) is 1. The Kier molecular flexibility index (Phi) is 2.70. The Morgan fingerprint density at radius 1 is 1.20 bits per heavy atom. The zero-order chi connectivity index (χ0) is 14.3. The van der Waals surface area contributed by atoms with Gasteiger partial charge in [-0.1, -0.05) is 6.07 Å². The van der Waals surface area contributed by atoms with Crippen LogP contribution in [0.2, 0.25) is 0 Å². The van der Waals surface area contributed by atoms with E-state index in [0.717, 1.165) is 16.7 Å². The first-order chi connectivity index (χ1) is 9.63. The predicted octanol–water partition coefficient (Wildman–Crippen LogP) is 1.68. The molecule has 2 aromatic heterocycles. The second-order valence-electron chi connectivity index (χ2n) is 3.93. The van der Waals surface area contributed by atoms with E-state index < -0.39 is 11.6 Å². The van der Waals surface area contributed by atoms with Crippen LogP contribution >= 0.6 is 0 Å². The minimum absolute atomic E-state index is 0.109. The number of methoxy groups -OCH3 is 1. The molecule has 8 heteroatoms. The molecule has 0 saturated carbocycles. The van der Waals surface area contributed by atoms with Crippen molar-refractivity contribution in [1.82, 2.24) is 19.5 Å². The highest BCUT2D eigenvalue weighted by Crippen LogP contribution is 2.28. The normalized spacial score (nSPS) is 10.9.